The molecule has 2 bridgehead atoms. The van der Waals surface area contributed by atoms with Gasteiger partial charge in [-0.05, 0) is 37.7 Å². The number of nitrogens with one attached hydrogen (secondary N) is 1. The molecule has 6 nitrogen and oxygen atoms in total. The molecule has 1 amide bonds. The van der Waals surface area contributed by atoms with Crippen molar-refractivity contribution < 1.29 is 9.53 Å². The molecule has 24 heavy (non-hydrogen) atoms. The molecule has 2 fully saturated rings. The molecule has 0 spiro atoms. The zero-order valence-corrected chi connectivity index (χ0v) is 14.9. The molecule has 0 radical (unpaired) electrons. The van der Waals surface area contributed by atoms with Gasteiger partial charge in [-0.25, -0.2) is 9.97 Å². The van der Waals surface area contributed by atoms with Crippen molar-refractivity contribution in [3.8, 4) is 0 Å². The van der Waals surface area contributed by atoms with E-state index in [-0.39, 0.29) is 5.91 Å². The van der Waals surface area contributed by atoms with Crippen LogP contribution in [0.4, 0.5) is 5.82 Å². The number of ether oxygens (including phenoxy) is 1. The Morgan fingerprint density at radius 1 is 1.46 bits per heavy atom. The number of aryl methyl sites for hydroxylation is 1. The van der Waals surface area contributed by atoms with Crippen LogP contribution in [0.3, 0.4) is 0 Å². The average Bonchev–Trinajstić information content (AvgIpc) is 3.29. The summed E-state index contributed by atoms with van der Waals surface area (Å²) in [5.41, 5.74) is 0.989. The number of anilines is 1. The summed E-state index contributed by atoms with van der Waals surface area (Å²) in [6, 6.07) is 0.442. The molecular formula is C17H22N4O2S. The lowest BCUT2D eigenvalue weighted by molar-refractivity contribution is 0.0708. The first-order chi connectivity index (χ1) is 11.7. The summed E-state index contributed by atoms with van der Waals surface area (Å²) in [4.78, 5) is 25.5. The number of amides is 1. The molecule has 2 aromatic heterocycles. The van der Waals surface area contributed by atoms with Gasteiger partial charge in [0.2, 0.25) is 0 Å². The molecule has 7 heteroatoms. The van der Waals surface area contributed by atoms with Gasteiger partial charge >= 0.3 is 0 Å². The van der Waals surface area contributed by atoms with Crippen LogP contribution < -0.4 is 5.32 Å². The summed E-state index contributed by atoms with van der Waals surface area (Å²) in [5, 5.41) is 4.25. The van der Waals surface area contributed by atoms with Crippen molar-refractivity contribution in [2.24, 2.45) is 5.92 Å². The van der Waals surface area contributed by atoms with Crippen molar-refractivity contribution in [3.05, 3.63) is 16.8 Å². The molecular weight excluding hydrogens is 324 g/mol. The van der Waals surface area contributed by atoms with Gasteiger partial charge in [-0.1, -0.05) is 0 Å². The Morgan fingerprint density at radius 3 is 3.04 bits per heavy atom. The fourth-order valence-corrected chi connectivity index (χ4v) is 5.09. The lowest BCUT2D eigenvalue weighted by Crippen LogP contribution is -2.37. The highest BCUT2D eigenvalue weighted by atomic mass is 32.1. The second-order valence-corrected chi connectivity index (χ2v) is 7.67. The molecule has 2 aromatic rings. The maximum atomic E-state index is 13.0. The quantitative estimate of drug-likeness (QED) is 0.843. The number of carbonyl (C=O) groups is 1. The molecule has 2 atom stereocenters. The second kappa shape index (κ2) is 6.29. The summed E-state index contributed by atoms with van der Waals surface area (Å²) >= 11 is 1.49. The smallest absolute Gasteiger partial charge is 0.264 e. The fraction of sp³-hybridized carbons (Fsp3) is 0.588. The van der Waals surface area contributed by atoms with Crippen molar-refractivity contribution in [2.75, 3.05) is 32.1 Å². The van der Waals surface area contributed by atoms with Crippen LogP contribution in [0.5, 0.6) is 0 Å². The Kier molecular flexibility index (Phi) is 4.14. The van der Waals surface area contributed by atoms with Gasteiger partial charge in [-0.15, -0.1) is 11.3 Å². The molecule has 1 N–H and O–H groups in total. The summed E-state index contributed by atoms with van der Waals surface area (Å²) in [6.45, 7) is 4.21. The summed E-state index contributed by atoms with van der Waals surface area (Å²) in [7, 11) is 1.67. The lowest BCUT2D eigenvalue weighted by atomic mass is 10.1. The van der Waals surface area contributed by atoms with Crippen LogP contribution in [0.2, 0.25) is 0 Å². The third-order valence-corrected chi connectivity index (χ3v) is 6.38. The van der Waals surface area contributed by atoms with Gasteiger partial charge in [0.1, 0.15) is 17.0 Å². The number of carbonyl (C=O) groups excluding carboxylic acids is 1. The Morgan fingerprint density at radius 2 is 2.33 bits per heavy atom. The number of thiophene rings is 1. The van der Waals surface area contributed by atoms with E-state index in [0.29, 0.717) is 25.1 Å². The first kappa shape index (κ1) is 15.8. The average molecular weight is 346 g/mol. The van der Waals surface area contributed by atoms with E-state index in [4.69, 9.17) is 4.74 Å². The molecule has 1 aliphatic heterocycles. The van der Waals surface area contributed by atoms with Crippen molar-refractivity contribution in [1.82, 2.24) is 14.9 Å². The standard InChI is InChI=1S/C17H22N4O2S/c1-10-13-15(18-5-6-23-2)19-9-20-16(13)24-14(10)17(22)21-8-11-3-4-12(21)7-11/h9,11-12H,3-8H2,1-2H3,(H,18,19,20)/t11-,12+/m1/s1. The van der Waals surface area contributed by atoms with Gasteiger partial charge in [0, 0.05) is 26.2 Å². The van der Waals surface area contributed by atoms with Crippen LogP contribution in [-0.2, 0) is 4.74 Å². The molecule has 2 aliphatic rings. The number of piperidine rings is 1. The first-order valence-electron chi connectivity index (χ1n) is 8.47. The molecule has 0 unspecified atom stereocenters. The van der Waals surface area contributed by atoms with Gasteiger partial charge in [0.15, 0.2) is 0 Å². The van der Waals surface area contributed by atoms with Crippen molar-refractivity contribution in [3.63, 3.8) is 0 Å². The van der Waals surface area contributed by atoms with Crippen LogP contribution in [0.1, 0.15) is 34.5 Å². The minimum absolute atomic E-state index is 0.172. The summed E-state index contributed by atoms with van der Waals surface area (Å²) < 4.78 is 5.08. The molecule has 1 aliphatic carbocycles. The van der Waals surface area contributed by atoms with Crippen molar-refractivity contribution in [2.45, 2.75) is 32.2 Å². The Hall–Kier alpha value is -1.73. The predicted molar refractivity (Wildman–Crippen MR) is 94.7 cm³/mol. The van der Waals surface area contributed by atoms with E-state index in [1.807, 2.05) is 6.92 Å². The summed E-state index contributed by atoms with van der Waals surface area (Å²) in [6.07, 6.45) is 5.17. The van der Waals surface area contributed by atoms with E-state index >= 15 is 0 Å². The lowest BCUT2D eigenvalue weighted by Gasteiger charge is -2.26. The van der Waals surface area contributed by atoms with Crippen molar-refractivity contribution in [1.29, 1.82) is 0 Å². The normalized spacial score (nSPS) is 22.5. The zero-order valence-electron chi connectivity index (χ0n) is 14.0. The molecule has 1 saturated carbocycles. The minimum atomic E-state index is 0.172. The second-order valence-electron chi connectivity index (χ2n) is 6.67. The number of nitrogens with zero attached hydrogens (tertiary/aromatic N) is 3. The fourth-order valence-electron chi connectivity index (χ4n) is 3.99. The molecule has 3 heterocycles. The Labute approximate surface area is 145 Å². The van der Waals surface area contributed by atoms with Gasteiger partial charge in [0.25, 0.3) is 5.91 Å². The molecule has 0 aromatic carbocycles. The number of fused-ring (bicyclic) bond motifs is 3. The van der Waals surface area contributed by atoms with E-state index < -0.39 is 0 Å². The Bertz CT molecular complexity index is 775. The van der Waals surface area contributed by atoms with E-state index in [2.05, 4.69) is 20.2 Å². The van der Waals surface area contributed by atoms with Crippen LogP contribution in [-0.4, -0.2) is 53.6 Å². The van der Waals surface area contributed by atoms with Crippen LogP contribution >= 0.6 is 11.3 Å². The minimum Gasteiger partial charge on any atom is -0.383 e. The maximum absolute atomic E-state index is 13.0. The number of hydrogen-bond acceptors (Lipinski definition) is 6. The maximum Gasteiger partial charge on any atom is 0.264 e. The highest BCUT2D eigenvalue weighted by molar-refractivity contribution is 7.20. The van der Waals surface area contributed by atoms with Crippen LogP contribution in [0, 0.1) is 12.8 Å². The Balaban J connectivity index is 1.65. The van der Waals surface area contributed by atoms with E-state index in [0.717, 1.165) is 39.4 Å². The number of likely N-dealkylation sites (tertiary alicyclic amines) is 1. The van der Waals surface area contributed by atoms with E-state index in [9.17, 15) is 4.79 Å². The molecule has 1 saturated heterocycles. The predicted octanol–water partition coefficient (Wildman–Crippen LogP) is 2.68. The highest BCUT2D eigenvalue weighted by Gasteiger charge is 2.41. The molecule has 128 valence electrons. The molecule has 4 rings (SSSR count). The SMILES string of the molecule is COCCNc1ncnc2sc(C(=O)N3C[C@@H]4CC[C@H]3C4)c(C)c12. The number of hydrogen-bond donors (Lipinski definition) is 1. The number of methoxy groups -OCH3 is 1. The largest absolute Gasteiger partial charge is 0.383 e. The van der Waals surface area contributed by atoms with E-state index in [1.54, 1.807) is 13.4 Å². The first-order valence-corrected chi connectivity index (χ1v) is 9.28. The zero-order chi connectivity index (χ0) is 16.7. The third-order valence-electron chi connectivity index (χ3n) is 5.19. The van der Waals surface area contributed by atoms with Crippen molar-refractivity contribution >= 4 is 33.3 Å². The third kappa shape index (κ3) is 2.56. The topological polar surface area (TPSA) is 67.3 Å². The summed E-state index contributed by atoms with van der Waals surface area (Å²) in [5.74, 6) is 1.66. The van der Waals surface area contributed by atoms with Gasteiger partial charge in [-0.3, -0.25) is 4.79 Å². The van der Waals surface area contributed by atoms with Crippen LogP contribution in [0.15, 0.2) is 6.33 Å². The van der Waals surface area contributed by atoms with Gasteiger partial charge in [0.05, 0.1) is 16.9 Å². The highest BCUT2D eigenvalue weighted by Crippen LogP contribution is 2.40. The van der Waals surface area contributed by atoms with Crippen LogP contribution in [0.25, 0.3) is 10.2 Å². The monoisotopic (exact) mass is 346 g/mol. The number of aromatic nitrogens is 2. The van der Waals surface area contributed by atoms with E-state index in [1.165, 1.54) is 24.2 Å². The number of rotatable bonds is 5. The van der Waals surface area contributed by atoms with Gasteiger partial charge < -0.3 is 15.0 Å². The van der Waals surface area contributed by atoms with Gasteiger partial charge in [-0.2, -0.15) is 0 Å².